The third kappa shape index (κ3) is 16.6. The number of alkyl carbamates (subject to hydrolysis) is 1. The number of rotatable bonds is 26. The number of aryl methyl sites for hydroxylation is 2. The van der Waals surface area contributed by atoms with Crippen LogP contribution in [-0.4, -0.2) is 57.0 Å². The van der Waals surface area contributed by atoms with Gasteiger partial charge in [-0.2, -0.15) is 0 Å². The van der Waals surface area contributed by atoms with Gasteiger partial charge in [-0.25, -0.2) is 14.6 Å². The van der Waals surface area contributed by atoms with E-state index in [0.717, 1.165) is 68.3 Å². The quantitative estimate of drug-likeness (QED) is 0.0615. The highest BCUT2D eigenvalue weighted by Crippen LogP contribution is 2.18. The topological polar surface area (TPSA) is 106 Å². The van der Waals surface area contributed by atoms with Crippen LogP contribution in [0.15, 0.2) is 18.5 Å². The van der Waals surface area contributed by atoms with Gasteiger partial charge in [0.15, 0.2) is 0 Å². The van der Waals surface area contributed by atoms with Crippen LogP contribution in [0.5, 0.6) is 0 Å². The summed E-state index contributed by atoms with van der Waals surface area (Å²) >= 11 is 0. The van der Waals surface area contributed by atoms with E-state index in [0.29, 0.717) is 19.4 Å². The number of pyridine rings is 1. The van der Waals surface area contributed by atoms with E-state index in [2.05, 4.69) is 26.8 Å². The lowest BCUT2D eigenvalue weighted by atomic mass is 10.0. The number of ether oxygens (including phenoxy) is 1. The Morgan fingerprint density at radius 3 is 2.04 bits per heavy atom. The predicted octanol–water partition coefficient (Wildman–Crippen LogP) is 9.30. The number of nitrogens with one attached hydrogen (secondary N) is 1. The number of unbranched alkanes of at least 4 members (excludes halogenated alkanes) is 16. The van der Waals surface area contributed by atoms with E-state index in [1.807, 2.05) is 26.8 Å². The van der Waals surface area contributed by atoms with Crippen molar-refractivity contribution >= 4 is 29.0 Å². The minimum atomic E-state index is -0.777. The smallest absolute Gasteiger partial charge is 0.375 e. The Bertz CT molecular complexity index is 1160. The van der Waals surface area contributed by atoms with Crippen LogP contribution in [0.2, 0.25) is 0 Å². The molecule has 1 atom stereocenters. The first-order valence-electron chi connectivity index (χ1n) is 18.8. The summed E-state index contributed by atoms with van der Waals surface area (Å²) in [6.07, 6.45) is 25.2. The Balaban J connectivity index is 1.57. The van der Waals surface area contributed by atoms with Crippen LogP contribution in [0.3, 0.4) is 0 Å². The molecule has 2 aromatic heterocycles. The molecule has 0 radical (unpaired) electrons. The van der Waals surface area contributed by atoms with Crippen LogP contribution in [-0.2, 0) is 20.9 Å². The molecule has 2 rings (SSSR count). The highest BCUT2D eigenvalue weighted by Gasteiger charge is 2.30. The molecule has 0 saturated heterocycles. The number of nitrogens with zero attached hydrogens (tertiary/aromatic N) is 4. The van der Waals surface area contributed by atoms with E-state index in [4.69, 9.17) is 4.74 Å². The Kier molecular flexibility index (Phi) is 20.7. The first-order valence-corrected chi connectivity index (χ1v) is 18.8. The maximum absolute atomic E-state index is 13.0. The molecule has 0 aliphatic rings. The van der Waals surface area contributed by atoms with Crippen LogP contribution in [0, 0.1) is 12.8 Å². The van der Waals surface area contributed by atoms with Gasteiger partial charge >= 0.3 is 12.1 Å². The molecule has 1 N–H and O–H groups in total. The van der Waals surface area contributed by atoms with Gasteiger partial charge in [0.2, 0.25) is 5.91 Å². The Morgan fingerprint density at radius 2 is 1.43 bits per heavy atom. The van der Waals surface area contributed by atoms with Crippen molar-refractivity contribution in [1.29, 1.82) is 0 Å². The fourth-order valence-electron chi connectivity index (χ4n) is 6.20. The molecule has 9 nitrogen and oxygen atoms in total. The normalized spacial score (nSPS) is 12.0. The number of fused-ring (bicyclic) bond motifs is 1. The summed E-state index contributed by atoms with van der Waals surface area (Å²) in [6.45, 7) is 9.63. The average Bonchev–Trinajstić information content (AvgIpc) is 3.37. The summed E-state index contributed by atoms with van der Waals surface area (Å²) in [5.41, 5.74) is 2.01. The van der Waals surface area contributed by atoms with E-state index in [9.17, 15) is 14.4 Å². The lowest BCUT2D eigenvalue weighted by Crippen LogP contribution is -2.45. The van der Waals surface area contributed by atoms with Crippen molar-refractivity contribution < 1.29 is 19.1 Å². The van der Waals surface area contributed by atoms with Crippen molar-refractivity contribution in [1.82, 2.24) is 24.8 Å². The number of carbonyl (C=O) groups excluding carboxylic acids is 3. The van der Waals surface area contributed by atoms with Crippen molar-refractivity contribution in [3.05, 3.63) is 24.3 Å². The highest BCUT2D eigenvalue weighted by atomic mass is 16.6. The average molecular weight is 656 g/mol. The number of likely N-dealkylation sites (N-methyl/N-ethyl adjacent to an activating group) is 1. The van der Waals surface area contributed by atoms with Gasteiger partial charge in [0.05, 0.1) is 11.7 Å². The largest absolute Gasteiger partial charge is 0.414 e. The van der Waals surface area contributed by atoms with Crippen molar-refractivity contribution in [2.45, 2.75) is 169 Å². The molecular weight excluding hydrogens is 590 g/mol. The van der Waals surface area contributed by atoms with Crippen molar-refractivity contribution in [3.8, 4) is 0 Å². The van der Waals surface area contributed by atoms with Crippen molar-refractivity contribution in [3.63, 3.8) is 0 Å². The molecule has 2 amide bonds. The first-order chi connectivity index (χ1) is 22.7. The number of esters is 1. The zero-order chi connectivity index (χ0) is 34.3. The van der Waals surface area contributed by atoms with E-state index < -0.39 is 18.1 Å². The number of imidazole rings is 1. The Morgan fingerprint density at radius 1 is 0.851 bits per heavy atom. The number of aromatic nitrogens is 3. The van der Waals surface area contributed by atoms with Crippen molar-refractivity contribution in [2.24, 2.45) is 5.92 Å². The first kappa shape index (κ1) is 40.2. The predicted molar refractivity (Wildman–Crippen MR) is 191 cm³/mol. The highest BCUT2D eigenvalue weighted by molar-refractivity contribution is 5.90. The number of hydrogen-bond acceptors (Lipinski definition) is 6. The number of carbonyl (C=O) groups is 3. The lowest BCUT2D eigenvalue weighted by molar-refractivity contribution is -0.150. The van der Waals surface area contributed by atoms with Crippen LogP contribution in [0.25, 0.3) is 11.0 Å². The molecule has 0 spiro atoms. The van der Waals surface area contributed by atoms with E-state index in [1.165, 1.54) is 75.5 Å². The van der Waals surface area contributed by atoms with Gasteiger partial charge < -0.3 is 19.5 Å². The van der Waals surface area contributed by atoms with Crippen molar-refractivity contribution in [2.75, 3.05) is 13.6 Å². The molecule has 9 heteroatoms. The zero-order valence-corrected chi connectivity index (χ0v) is 30.4. The SMILES string of the molecule is CCCCCCCCCCCCCCCCNC(=O)OC(=O)[C@H](CC(C)C)N(C)C(=O)CCCCCCn1c(C)nc2cnccc21. The summed E-state index contributed by atoms with van der Waals surface area (Å²) in [4.78, 5) is 48.5. The van der Waals surface area contributed by atoms with Gasteiger partial charge in [0.1, 0.15) is 17.4 Å². The maximum Gasteiger partial charge on any atom is 0.414 e. The second kappa shape index (κ2) is 24.2. The molecule has 266 valence electrons. The van der Waals surface area contributed by atoms with Gasteiger partial charge in [-0.15, -0.1) is 0 Å². The second-order valence-electron chi connectivity index (χ2n) is 13.7. The molecule has 0 unspecified atom stereocenters. The van der Waals surface area contributed by atoms with Gasteiger partial charge in [-0.1, -0.05) is 117 Å². The van der Waals surface area contributed by atoms with Gasteiger partial charge in [0, 0.05) is 32.8 Å². The fraction of sp³-hybridized carbons (Fsp3) is 0.763. The molecule has 2 aromatic rings. The van der Waals surface area contributed by atoms with Crippen LogP contribution < -0.4 is 5.32 Å². The molecule has 0 aliphatic heterocycles. The fourth-order valence-corrected chi connectivity index (χ4v) is 6.20. The maximum atomic E-state index is 13.0. The number of hydrogen-bond donors (Lipinski definition) is 1. The monoisotopic (exact) mass is 656 g/mol. The van der Waals surface area contributed by atoms with E-state index >= 15 is 0 Å². The summed E-state index contributed by atoms with van der Waals surface area (Å²) < 4.78 is 7.36. The molecule has 0 aliphatic carbocycles. The standard InChI is InChI=1S/C38H65N5O4/c1-6-7-8-9-10-11-12-13-14-15-16-17-19-22-26-40-38(46)47-37(45)35(29-31(2)3)42(5)36(44)24-21-18-20-23-28-43-32(4)41-33-30-39-27-25-34(33)43/h25,27,30-31,35H,6-24,26,28-29H2,1-5H3,(H,40,46)/t35-/m0/s1. The van der Waals surface area contributed by atoms with E-state index in [-0.39, 0.29) is 11.8 Å². The zero-order valence-electron chi connectivity index (χ0n) is 30.4. The van der Waals surface area contributed by atoms with E-state index in [1.54, 1.807) is 19.4 Å². The third-order valence-electron chi connectivity index (χ3n) is 9.08. The Hall–Kier alpha value is -2.97. The minimum Gasteiger partial charge on any atom is -0.375 e. The van der Waals surface area contributed by atoms with Gasteiger partial charge in [0.25, 0.3) is 0 Å². The van der Waals surface area contributed by atoms with Crippen LogP contribution in [0.4, 0.5) is 4.79 Å². The molecule has 0 aromatic carbocycles. The molecule has 0 fully saturated rings. The Labute approximate surface area is 285 Å². The van der Waals surface area contributed by atoms with Gasteiger partial charge in [-0.3, -0.25) is 9.78 Å². The third-order valence-corrected chi connectivity index (χ3v) is 9.08. The summed E-state index contributed by atoms with van der Waals surface area (Å²) in [5.74, 6) is 0.391. The summed E-state index contributed by atoms with van der Waals surface area (Å²) in [5, 5.41) is 2.72. The minimum absolute atomic E-state index is 0.0978. The van der Waals surface area contributed by atoms with Crippen LogP contribution in [0.1, 0.15) is 155 Å². The number of amides is 2. The molecular formula is C38H65N5O4. The lowest BCUT2D eigenvalue weighted by Gasteiger charge is -2.27. The molecule has 2 heterocycles. The van der Waals surface area contributed by atoms with Gasteiger partial charge in [-0.05, 0) is 44.6 Å². The molecule has 47 heavy (non-hydrogen) atoms. The molecule has 0 saturated carbocycles. The summed E-state index contributed by atoms with van der Waals surface area (Å²) in [7, 11) is 1.64. The van der Waals surface area contributed by atoms with Crippen LogP contribution >= 0.6 is 0 Å². The molecule has 0 bridgehead atoms. The summed E-state index contributed by atoms with van der Waals surface area (Å²) in [6, 6.07) is 1.22. The second-order valence-corrected chi connectivity index (χ2v) is 13.7.